The standard InChI is InChI=1S/C21H19F2N3O3/c1-28-16-4-6-17(7-5-16)29-11-10-24-21(27)20-9-3-15(13-25-20)26-19-8-2-14(22)12-18(19)23/h2-9,12-13,26H,10-11H2,1H3,(H,24,27). The lowest BCUT2D eigenvalue weighted by Crippen LogP contribution is -2.28. The zero-order chi connectivity index (χ0) is 20.6. The predicted molar refractivity (Wildman–Crippen MR) is 105 cm³/mol. The first-order valence-electron chi connectivity index (χ1n) is 8.78. The molecule has 0 saturated carbocycles. The van der Waals surface area contributed by atoms with Crippen molar-refractivity contribution < 1.29 is 23.0 Å². The summed E-state index contributed by atoms with van der Waals surface area (Å²) < 4.78 is 37.2. The Kier molecular flexibility index (Phi) is 6.57. The topological polar surface area (TPSA) is 72.5 Å². The van der Waals surface area contributed by atoms with Gasteiger partial charge in [-0.1, -0.05) is 0 Å². The zero-order valence-electron chi connectivity index (χ0n) is 15.6. The second kappa shape index (κ2) is 9.50. The number of hydrogen-bond acceptors (Lipinski definition) is 5. The van der Waals surface area contributed by atoms with Crippen LogP contribution in [-0.2, 0) is 0 Å². The molecule has 8 heteroatoms. The molecule has 0 aliphatic rings. The summed E-state index contributed by atoms with van der Waals surface area (Å²) in [6.07, 6.45) is 1.39. The third-order valence-electron chi connectivity index (χ3n) is 3.92. The number of pyridine rings is 1. The van der Waals surface area contributed by atoms with E-state index in [0.717, 1.165) is 17.9 Å². The first-order chi connectivity index (χ1) is 14.0. The third kappa shape index (κ3) is 5.65. The smallest absolute Gasteiger partial charge is 0.269 e. The van der Waals surface area contributed by atoms with E-state index < -0.39 is 11.6 Å². The number of aromatic nitrogens is 1. The van der Waals surface area contributed by atoms with Crippen LogP contribution in [0.5, 0.6) is 11.5 Å². The molecule has 0 fully saturated rings. The normalized spacial score (nSPS) is 10.3. The van der Waals surface area contributed by atoms with Crippen LogP contribution >= 0.6 is 0 Å². The van der Waals surface area contributed by atoms with E-state index in [-0.39, 0.29) is 17.3 Å². The molecule has 1 heterocycles. The molecule has 0 unspecified atom stereocenters. The van der Waals surface area contributed by atoms with Crippen LogP contribution in [-0.4, -0.2) is 31.2 Å². The van der Waals surface area contributed by atoms with Crippen LogP contribution in [0.25, 0.3) is 0 Å². The number of nitrogens with one attached hydrogen (secondary N) is 2. The van der Waals surface area contributed by atoms with Gasteiger partial charge in [-0.2, -0.15) is 0 Å². The Hall–Kier alpha value is -3.68. The molecule has 0 aliphatic heterocycles. The van der Waals surface area contributed by atoms with Crippen molar-refractivity contribution in [2.75, 3.05) is 25.6 Å². The summed E-state index contributed by atoms with van der Waals surface area (Å²) in [6.45, 7) is 0.592. The molecule has 150 valence electrons. The molecule has 0 bridgehead atoms. The summed E-state index contributed by atoms with van der Waals surface area (Å²) in [5.74, 6) is -0.334. The highest BCUT2D eigenvalue weighted by atomic mass is 19.1. The Morgan fingerprint density at radius 3 is 2.45 bits per heavy atom. The largest absolute Gasteiger partial charge is 0.497 e. The Labute approximate surface area is 166 Å². The van der Waals surface area contributed by atoms with E-state index in [1.807, 2.05) is 0 Å². The van der Waals surface area contributed by atoms with E-state index >= 15 is 0 Å². The minimum absolute atomic E-state index is 0.112. The first-order valence-corrected chi connectivity index (χ1v) is 8.78. The quantitative estimate of drug-likeness (QED) is 0.562. The second-order valence-electron chi connectivity index (χ2n) is 5.96. The Morgan fingerprint density at radius 1 is 1.03 bits per heavy atom. The van der Waals surface area contributed by atoms with Gasteiger partial charge in [0.05, 0.1) is 31.2 Å². The maximum Gasteiger partial charge on any atom is 0.269 e. The minimum Gasteiger partial charge on any atom is -0.497 e. The number of amides is 1. The van der Waals surface area contributed by atoms with Crippen molar-refractivity contribution in [3.05, 3.63) is 78.1 Å². The first kappa shape index (κ1) is 20.1. The number of hydrogen-bond donors (Lipinski definition) is 2. The fraction of sp³-hybridized carbons (Fsp3) is 0.143. The van der Waals surface area contributed by atoms with Gasteiger partial charge in [-0.25, -0.2) is 13.8 Å². The van der Waals surface area contributed by atoms with Gasteiger partial charge in [0.25, 0.3) is 5.91 Å². The summed E-state index contributed by atoms with van der Waals surface area (Å²) in [5.41, 5.74) is 0.788. The van der Waals surface area contributed by atoms with E-state index in [0.29, 0.717) is 24.6 Å². The average molecular weight is 399 g/mol. The highest BCUT2D eigenvalue weighted by Crippen LogP contribution is 2.20. The number of halogens is 2. The van der Waals surface area contributed by atoms with Crippen LogP contribution in [0.15, 0.2) is 60.8 Å². The lowest BCUT2D eigenvalue weighted by atomic mass is 10.2. The van der Waals surface area contributed by atoms with Crippen LogP contribution in [0, 0.1) is 11.6 Å². The summed E-state index contributed by atoms with van der Waals surface area (Å²) in [4.78, 5) is 16.2. The Bertz CT molecular complexity index is 964. The van der Waals surface area contributed by atoms with Crippen LogP contribution in [0.3, 0.4) is 0 Å². The molecular formula is C21H19F2N3O3. The molecular weight excluding hydrogens is 380 g/mol. The van der Waals surface area contributed by atoms with Crippen LogP contribution in [0.1, 0.15) is 10.5 Å². The molecule has 0 spiro atoms. The van der Waals surface area contributed by atoms with Gasteiger partial charge in [0.15, 0.2) is 0 Å². The van der Waals surface area contributed by atoms with Crippen LogP contribution in [0.2, 0.25) is 0 Å². The van der Waals surface area contributed by atoms with E-state index in [1.54, 1.807) is 37.4 Å². The summed E-state index contributed by atoms with van der Waals surface area (Å²) in [6, 6.07) is 13.4. The summed E-state index contributed by atoms with van der Waals surface area (Å²) in [7, 11) is 1.59. The van der Waals surface area contributed by atoms with Gasteiger partial charge < -0.3 is 20.1 Å². The predicted octanol–water partition coefficient (Wildman–Crippen LogP) is 3.92. The number of carbonyl (C=O) groups excluding carboxylic acids is 1. The maximum absolute atomic E-state index is 13.7. The zero-order valence-corrected chi connectivity index (χ0v) is 15.6. The maximum atomic E-state index is 13.7. The van der Waals surface area contributed by atoms with Gasteiger partial charge in [0.1, 0.15) is 35.4 Å². The highest BCUT2D eigenvalue weighted by molar-refractivity contribution is 5.92. The average Bonchev–Trinajstić information content (AvgIpc) is 2.74. The van der Waals surface area contributed by atoms with Gasteiger partial charge in [0, 0.05) is 6.07 Å². The molecule has 6 nitrogen and oxygen atoms in total. The highest BCUT2D eigenvalue weighted by Gasteiger charge is 2.08. The molecule has 1 amide bonds. The lowest BCUT2D eigenvalue weighted by Gasteiger charge is -2.09. The summed E-state index contributed by atoms with van der Waals surface area (Å²) in [5, 5.41) is 5.48. The van der Waals surface area contributed by atoms with Gasteiger partial charge >= 0.3 is 0 Å². The second-order valence-corrected chi connectivity index (χ2v) is 5.96. The monoisotopic (exact) mass is 399 g/mol. The molecule has 3 rings (SSSR count). The molecule has 0 atom stereocenters. The fourth-order valence-corrected chi connectivity index (χ4v) is 2.44. The molecule has 3 aromatic rings. The van der Waals surface area contributed by atoms with Crippen LogP contribution in [0.4, 0.5) is 20.2 Å². The molecule has 2 aromatic carbocycles. The van der Waals surface area contributed by atoms with Gasteiger partial charge in [-0.05, 0) is 48.5 Å². The summed E-state index contributed by atoms with van der Waals surface area (Å²) >= 11 is 0. The molecule has 0 saturated heterocycles. The van der Waals surface area contributed by atoms with Gasteiger partial charge in [-0.3, -0.25) is 4.79 Å². The van der Waals surface area contributed by atoms with Crippen LogP contribution < -0.4 is 20.1 Å². The van der Waals surface area contributed by atoms with Crippen molar-refractivity contribution in [3.8, 4) is 11.5 Å². The Morgan fingerprint density at radius 2 is 1.79 bits per heavy atom. The third-order valence-corrected chi connectivity index (χ3v) is 3.92. The minimum atomic E-state index is -0.719. The van der Waals surface area contributed by atoms with E-state index in [1.165, 1.54) is 18.3 Å². The van der Waals surface area contributed by atoms with Crippen molar-refractivity contribution in [1.82, 2.24) is 10.3 Å². The number of carbonyl (C=O) groups is 1. The number of rotatable bonds is 8. The molecule has 29 heavy (non-hydrogen) atoms. The van der Waals surface area contributed by atoms with E-state index in [4.69, 9.17) is 9.47 Å². The van der Waals surface area contributed by atoms with Crippen molar-refractivity contribution in [1.29, 1.82) is 0 Å². The van der Waals surface area contributed by atoms with Crippen molar-refractivity contribution in [2.24, 2.45) is 0 Å². The van der Waals surface area contributed by atoms with Crippen molar-refractivity contribution in [2.45, 2.75) is 0 Å². The molecule has 1 aromatic heterocycles. The van der Waals surface area contributed by atoms with Gasteiger partial charge in [0.2, 0.25) is 0 Å². The fourth-order valence-electron chi connectivity index (χ4n) is 2.44. The number of anilines is 2. The number of methoxy groups -OCH3 is 1. The number of benzene rings is 2. The SMILES string of the molecule is COc1ccc(OCCNC(=O)c2ccc(Nc3ccc(F)cc3F)cn2)cc1. The van der Waals surface area contributed by atoms with Crippen molar-refractivity contribution in [3.63, 3.8) is 0 Å². The number of nitrogens with zero attached hydrogens (tertiary/aromatic N) is 1. The molecule has 0 radical (unpaired) electrons. The number of ether oxygens (including phenoxy) is 2. The van der Waals surface area contributed by atoms with E-state index in [2.05, 4.69) is 15.6 Å². The molecule has 0 aliphatic carbocycles. The van der Waals surface area contributed by atoms with Gasteiger partial charge in [-0.15, -0.1) is 0 Å². The van der Waals surface area contributed by atoms with E-state index in [9.17, 15) is 13.6 Å². The lowest BCUT2D eigenvalue weighted by molar-refractivity contribution is 0.0942. The molecule has 2 N–H and O–H groups in total. The van der Waals surface area contributed by atoms with Crippen molar-refractivity contribution >= 4 is 17.3 Å². The Balaban J connectivity index is 1.47.